The highest BCUT2D eigenvalue weighted by Crippen LogP contribution is 2.30. The molecule has 0 saturated carbocycles. The van der Waals surface area contributed by atoms with Gasteiger partial charge in [-0.15, -0.1) is 12.4 Å². The first-order valence-corrected chi connectivity index (χ1v) is 5.62. The number of halogens is 2. The van der Waals surface area contributed by atoms with Crippen LogP contribution < -0.4 is 10.5 Å². The Bertz CT molecular complexity index is 358. The summed E-state index contributed by atoms with van der Waals surface area (Å²) >= 11 is 5.91. The van der Waals surface area contributed by atoms with Crippen LogP contribution in [0.5, 0.6) is 5.75 Å². The van der Waals surface area contributed by atoms with E-state index in [0.717, 1.165) is 5.56 Å². The predicted molar refractivity (Wildman–Crippen MR) is 73.0 cm³/mol. The highest BCUT2D eigenvalue weighted by molar-refractivity contribution is 6.30. The SMILES string of the molecule is COc1ccc(Cl)cc1[C@@H](N)[C@@H](O)C(C)C.Cl. The highest BCUT2D eigenvalue weighted by atomic mass is 35.5. The van der Waals surface area contributed by atoms with Gasteiger partial charge in [0.2, 0.25) is 0 Å². The molecule has 1 aromatic carbocycles. The van der Waals surface area contributed by atoms with Crippen LogP contribution in [0.1, 0.15) is 25.5 Å². The molecule has 0 aromatic heterocycles. The monoisotopic (exact) mass is 279 g/mol. The summed E-state index contributed by atoms with van der Waals surface area (Å²) in [7, 11) is 1.57. The molecule has 3 N–H and O–H groups in total. The van der Waals surface area contributed by atoms with E-state index in [9.17, 15) is 5.11 Å². The van der Waals surface area contributed by atoms with Gasteiger partial charge in [-0.2, -0.15) is 0 Å². The van der Waals surface area contributed by atoms with E-state index in [4.69, 9.17) is 22.1 Å². The minimum absolute atomic E-state index is 0. The van der Waals surface area contributed by atoms with Crippen molar-refractivity contribution in [3.63, 3.8) is 0 Å². The largest absolute Gasteiger partial charge is 0.496 e. The summed E-state index contributed by atoms with van der Waals surface area (Å²) in [6.45, 7) is 3.84. The molecule has 17 heavy (non-hydrogen) atoms. The van der Waals surface area contributed by atoms with Crippen LogP contribution in [0.2, 0.25) is 5.02 Å². The lowest BCUT2D eigenvalue weighted by Crippen LogP contribution is -2.30. The molecule has 0 spiro atoms. The molecule has 0 amide bonds. The third kappa shape index (κ3) is 4.03. The maximum absolute atomic E-state index is 9.94. The maximum atomic E-state index is 9.94. The predicted octanol–water partition coefficient (Wildman–Crippen LogP) is 2.79. The molecule has 3 nitrogen and oxygen atoms in total. The summed E-state index contributed by atoms with van der Waals surface area (Å²) < 4.78 is 5.20. The number of aliphatic hydroxyl groups excluding tert-OH is 1. The van der Waals surface area contributed by atoms with Crippen LogP contribution in [0.3, 0.4) is 0 Å². The van der Waals surface area contributed by atoms with Crippen molar-refractivity contribution in [2.75, 3.05) is 7.11 Å². The minimum atomic E-state index is -0.618. The third-order valence-corrected chi connectivity index (χ3v) is 2.84. The number of methoxy groups -OCH3 is 1. The molecule has 0 bridgehead atoms. The molecule has 2 atom stereocenters. The van der Waals surface area contributed by atoms with Gasteiger partial charge >= 0.3 is 0 Å². The van der Waals surface area contributed by atoms with Crippen molar-refractivity contribution >= 4 is 24.0 Å². The molecular formula is C12H19Cl2NO2. The maximum Gasteiger partial charge on any atom is 0.123 e. The average Bonchev–Trinajstić information content (AvgIpc) is 2.26. The molecule has 1 rings (SSSR count). The zero-order chi connectivity index (χ0) is 12.3. The topological polar surface area (TPSA) is 55.5 Å². The number of aliphatic hydroxyl groups is 1. The van der Waals surface area contributed by atoms with Gasteiger partial charge in [-0.1, -0.05) is 25.4 Å². The van der Waals surface area contributed by atoms with E-state index >= 15 is 0 Å². The highest BCUT2D eigenvalue weighted by Gasteiger charge is 2.23. The lowest BCUT2D eigenvalue weighted by Gasteiger charge is -2.24. The molecule has 0 saturated heterocycles. The van der Waals surface area contributed by atoms with Crippen molar-refractivity contribution in [1.29, 1.82) is 0 Å². The Hall–Kier alpha value is -0.480. The van der Waals surface area contributed by atoms with Crippen molar-refractivity contribution in [1.82, 2.24) is 0 Å². The Kier molecular flexibility index (Phi) is 6.87. The third-order valence-electron chi connectivity index (χ3n) is 2.60. The summed E-state index contributed by atoms with van der Waals surface area (Å²) in [6, 6.07) is 4.73. The van der Waals surface area contributed by atoms with Crippen molar-refractivity contribution in [3.05, 3.63) is 28.8 Å². The second-order valence-electron chi connectivity index (χ2n) is 4.15. The Balaban J connectivity index is 0.00000256. The van der Waals surface area contributed by atoms with Crippen LogP contribution in [0, 0.1) is 5.92 Å². The van der Waals surface area contributed by atoms with Crippen LogP contribution in [0.15, 0.2) is 18.2 Å². The summed E-state index contributed by atoms with van der Waals surface area (Å²) in [5.41, 5.74) is 6.73. The van der Waals surface area contributed by atoms with Gasteiger partial charge in [0.05, 0.1) is 19.3 Å². The first-order valence-electron chi connectivity index (χ1n) is 5.24. The summed E-state index contributed by atoms with van der Waals surface area (Å²) in [6.07, 6.45) is -0.618. The standard InChI is InChI=1S/C12H18ClNO2.ClH/c1-7(2)12(15)11(14)9-6-8(13)4-5-10(9)16-3;/h4-7,11-12,15H,14H2,1-3H3;1H/t11-,12+;/m1./s1. The Labute approximate surface area is 113 Å². The number of hydrogen-bond donors (Lipinski definition) is 2. The quantitative estimate of drug-likeness (QED) is 0.891. The Morgan fingerprint density at radius 2 is 1.94 bits per heavy atom. The second-order valence-corrected chi connectivity index (χ2v) is 4.58. The fourth-order valence-electron chi connectivity index (χ4n) is 1.56. The zero-order valence-electron chi connectivity index (χ0n) is 10.2. The van der Waals surface area contributed by atoms with Crippen LogP contribution in [0.4, 0.5) is 0 Å². The van der Waals surface area contributed by atoms with E-state index in [0.29, 0.717) is 10.8 Å². The Morgan fingerprint density at radius 3 is 2.41 bits per heavy atom. The number of nitrogens with two attached hydrogens (primary N) is 1. The fraction of sp³-hybridized carbons (Fsp3) is 0.500. The van der Waals surface area contributed by atoms with Gasteiger partial charge < -0.3 is 15.6 Å². The lowest BCUT2D eigenvalue weighted by molar-refractivity contribution is 0.0969. The summed E-state index contributed by atoms with van der Waals surface area (Å²) in [5.74, 6) is 0.732. The van der Waals surface area contributed by atoms with E-state index in [2.05, 4.69) is 0 Å². The number of benzene rings is 1. The fourth-order valence-corrected chi connectivity index (χ4v) is 1.74. The van der Waals surface area contributed by atoms with Crippen molar-refractivity contribution < 1.29 is 9.84 Å². The summed E-state index contributed by atoms with van der Waals surface area (Å²) in [5, 5.41) is 10.5. The van der Waals surface area contributed by atoms with Crippen molar-refractivity contribution in [2.45, 2.75) is 26.0 Å². The van der Waals surface area contributed by atoms with Gasteiger partial charge in [0.25, 0.3) is 0 Å². The van der Waals surface area contributed by atoms with Crippen LogP contribution >= 0.6 is 24.0 Å². The second kappa shape index (κ2) is 7.07. The van der Waals surface area contributed by atoms with Crippen molar-refractivity contribution in [3.8, 4) is 5.75 Å². The first-order chi connectivity index (χ1) is 7.47. The first kappa shape index (κ1) is 16.5. The molecule has 0 aliphatic carbocycles. The molecule has 0 fully saturated rings. The van der Waals surface area contributed by atoms with Gasteiger partial charge in [0.15, 0.2) is 0 Å². The molecule has 0 unspecified atom stereocenters. The normalized spacial score (nSPS) is 14.1. The van der Waals surface area contributed by atoms with E-state index in [1.54, 1.807) is 25.3 Å². The summed E-state index contributed by atoms with van der Waals surface area (Å²) in [4.78, 5) is 0. The average molecular weight is 280 g/mol. The zero-order valence-corrected chi connectivity index (χ0v) is 11.8. The molecule has 1 aromatic rings. The van der Waals surface area contributed by atoms with Crippen LogP contribution in [-0.4, -0.2) is 18.3 Å². The molecule has 5 heteroatoms. The molecule has 0 radical (unpaired) electrons. The van der Waals surface area contributed by atoms with Gasteiger partial charge in [-0.05, 0) is 24.1 Å². The smallest absolute Gasteiger partial charge is 0.123 e. The van der Waals surface area contributed by atoms with Crippen LogP contribution in [-0.2, 0) is 0 Å². The molecular weight excluding hydrogens is 261 g/mol. The van der Waals surface area contributed by atoms with Gasteiger partial charge in [0.1, 0.15) is 5.75 Å². The molecule has 0 aliphatic rings. The lowest BCUT2D eigenvalue weighted by atomic mass is 9.94. The van der Waals surface area contributed by atoms with Gasteiger partial charge in [-0.25, -0.2) is 0 Å². The number of ether oxygens (including phenoxy) is 1. The van der Waals surface area contributed by atoms with Gasteiger partial charge in [0, 0.05) is 10.6 Å². The number of hydrogen-bond acceptors (Lipinski definition) is 3. The molecule has 0 aliphatic heterocycles. The van der Waals surface area contributed by atoms with E-state index in [1.807, 2.05) is 13.8 Å². The van der Waals surface area contributed by atoms with Crippen molar-refractivity contribution in [2.24, 2.45) is 11.7 Å². The number of rotatable bonds is 4. The van der Waals surface area contributed by atoms with Crippen LogP contribution in [0.25, 0.3) is 0 Å². The van der Waals surface area contributed by atoms with E-state index < -0.39 is 12.1 Å². The van der Waals surface area contributed by atoms with E-state index in [-0.39, 0.29) is 18.3 Å². The molecule has 98 valence electrons. The van der Waals surface area contributed by atoms with E-state index in [1.165, 1.54) is 0 Å². The molecule has 0 heterocycles. The Morgan fingerprint density at radius 1 is 1.35 bits per heavy atom. The minimum Gasteiger partial charge on any atom is -0.496 e. The van der Waals surface area contributed by atoms with Gasteiger partial charge in [-0.3, -0.25) is 0 Å².